The molecule has 17 heavy (non-hydrogen) atoms. The van der Waals surface area contributed by atoms with Crippen LogP contribution in [0.25, 0.3) is 0 Å². The smallest absolute Gasteiger partial charge is 0.150 e. The van der Waals surface area contributed by atoms with Gasteiger partial charge in [-0.05, 0) is 25.8 Å². The summed E-state index contributed by atoms with van der Waals surface area (Å²) >= 11 is 0. The Hall–Kier alpha value is -1.13. The molecule has 1 aliphatic rings. The summed E-state index contributed by atoms with van der Waals surface area (Å²) in [7, 11) is 0. The first-order chi connectivity index (χ1) is 7.98. The lowest BCUT2D eigenvalue weighted by atomic mass is 9.93. The molecule has 3 nitrogen and oxygen atoms in total. The third kappa shape index (κ3) is 2.96. The minimum Gasteiger partial charge on any atom is -0.396 e. The van der Waals surface area contributed by atoms with E-state index in [1.54, 1.807) is 18.2 Å². The van der Waals surface area contributed by atoms with Crippen molar-refractivity contribution in [3.63, 3.8) is 0 Å². The zero-order valence-corrected chi connectivity index (χ0v) is 10.1. The molecule has 1 aliphatic heterocycles. The quantitative estimate of drug-likeness (QED) is 0.772. The van der Waals surface area contributed by atoms with E-state index in [-0.39, 0.29) is 11.5 Å². The molecule has 0 bridgehead atoms. The Bertz CT molecular complexity index is 396. The van der Waals surface area contributed by atoms with E-state index in [4.69, 9.17) is 5.73 Å². The highest BCUT2D eigenvalue weighted by molar-refractivity contribution is 5.42. The molecular formula is C13H19FN2O. The lowest BCUT2D eigenvalue weighted by molar-refractivity contribution is -0.00749. The molecule has 4 heteroatoms. The van der Waals surface area contributed by atoms with Gasteiger partial charge in [-0.2, -0.15) is 0 Å². The number of nitrogen functional groups attached to an aromatic ring is 1. The van der Waals surface area contributed by atoms with Gasteiger partial charge in [0.15, 0.2) is 5.82 Å². The van der Waals surface area contributed by atoms with Crippen LogP contribution in [0.2, 0.25) is 0 Å². The third-order valence-corrected chi connectivity index (χ3v) is 3.44. The highest BCUT2D eigenvalue weighted by atomic mass is 19.1. The second-order valence-corrected chi connectivity index (χ2v) is 5.09. The Kier molecular flexibility index (Phi) is 3.35. The van der Waals surface area contributed by atoms with Gasteiger partial charge in [0.05, 0.1) is 11.3 Å². The minimum atomic E-state index is -0.565. The van der Waals surface area contributed by atoms with Crippen LogP contribution < -0.4 is 5.73 Å². The van der Waals surface area contributed by atoms with Gasteiger partial charge in [-0.1, -0.05) is 12.1 Å². The van der Waals surface area contributed by atoms with Gasteiger partial charge >= 0.3 is 0 Å². The number of benzene rings is 1. The molecule has 1 saturated heterocycles. The van der Waals surface area contributed by atoms with Crippen LogP contribution in [0.5, 0.6) is 0 Å². The maximum absolute atomic E-state index is 13.7. The fourth-order valence-corrected chi connectivity index (χ4v) is 2.16. The van der Waals surface area contributed by atoms with Crippen LogP contribution in [0.1, 0.15) is 25.3 Å². The molecule has 0 spiro atoms. The van der Waals surface area contributed by atoms with Crippen LogP contribution >= 0.6 is 0 Å². The summed E-state index contributed by atoms with van der Waals surface area (Å²) in [6.07, 6.45) is 1.47. The second kappa shape index (κ2) is 4.63. The fourth-order valence-electron chi connectivity index (χ4n) is 2.16. The monoisotopic (exact) mass is 238 g/mol. The van der Waals surface area contributed by atoms with E-state index in [1.165, 1.54) is 0 Å². The van der Waals surface area contributed by atoms with Crippen molar-refractivity contribution in [2.45, 2.75) is 31.9 Å². The summed E-state index contributed by atoms with van der Waals surface area (Å²) in [4.78, 5) is 2.15. The third-order valence-electron chi connectivity index (χ3n) is 3.44. The zero-order valence-electron chi connectivity index (χ0n) is 10.1. The summed E-state index contributed by atoms with van der Waals surface area (Å²) in [5.41, 5.74) is 5.80. The van der Waals surface area contributed by atoms with Gasteiger partial charge in [0.1, 0.15) is 0 Å². The van der Waals surface area contributed by atoms with Gasteiger partial charge < -0.3 is 10.8 Å². The highest BCUT2D eigenvalue weighted by Gasteiger charge is 2.27. The van der Waals surface area contributed by atoms with Crippen molar-refractivity contribution >= 4 is 5.69 Å². The van der Waals surface area contributed by atoms with Crippen LogP contribution in [0.4, 0.5) is 10.1 Å². The number of rotatable bonds is 2. The molecule has 0 aliphatic carbocycles. The first-order valence-corrected chi connectivity index (χ1v) is 5.95. The van der Waals surface area contributed by atoms with Gasteiger partial charge in [0.2, 0.25) is 0 Å². The van der Waals surface area contributed by atoms with E-state index in [2.05, 4.69) is 4.90 Å². The molecule has 1 heterocycles. The van der Waals surface area contributed by atoms with Crippen LogP contribution in [0.15, 0.2) is 18.2 Å². The summed E-state index contributed by atoms with van der Waals surface area (Å²) in [6.45, 7) is 4.00. The largest absolute Gasteiger partial charge is 0.396 e. The van der Waals surface area contributed by atoms with Crippen LogP contribution in [-0.4, -0.2) is 28.7 Å². The molecule has 0 unspecified atom stereocenters. The summed E-state index contributed by atoms with van der Waals surface area (Å²) < 4.78 is 13.7. The van der Waals surface area contributed by atoms with Crippen molar-refractivity contribution in [3.8, 4) is 0 Å². The van der Waals surface area contributed by atoms with E-state index in [0.717, 1.165) is 25.9 Å². The number of halogens is 1. The van der Waals surface area contributed by atoms with Crippen LogP contribution in [0, 0.1) is 5.82 Å². The molecule has 3 N–H and O–H groups in total. The first kappa shape index (κ1) is 12.3. The molecule has 1 aromatic rings. The highest BCUT2D eigenvalue weighted by Crippen LogP contribution is 2.23. The molecule has 94 valence electrons. The Balaban J connectivity index is 2.00. The SMILES string of the molecule is CC1(O)CCN(Cc2cccc(N)c2F)CC1. The van der Waals surface area contributed by atoms with E-state index < -0.39 is 5.60 Å². The molecule has 2 rings (SSSR count). The Morgan fingerprint density at radius 1 is 1.41 bits per heavy atom. The number of likely N-dealkylation sites (tertiary alicyclic amines) is 1. The van der Waals surface area contributed by atoms with E-state index in [1.807, 2.05) is 6.92 Å². The average molecular weight is 238 g/mol. The maximum atomic E-state index is 13.7. The Morgan fingerprint density at radius 2 is 2.06 bits per heavy atom. The number of aliphatic hydroxyl groups is 1. The normalized spacial score (nSPS) is 20.4. The number of piperidine rings is 1. The predicted octanol–water partition coefficient (Wildman–Crippen LogP) is 1.75. The van der Waals surface area contributed by atoms with Crippen LogP contribution in [-0.2, 0) is 6.54 Å². The fraction of sp³-hybridized carbons (Fsp3) is 0.538. The van der Waals surface area contributed by atoms with Gasteiger partial charge in [0, 0.05) is 25.2 Å². The van der Waals surface area contributed by atoms with E-state index >= 15 is 0 Å². The first-order valence-electron chi connectivity index (χ1n) is 5.95. The number of hydrogen-bond acceptors (Lipinski definition) is 3. The van der Waals surface area contributed by atoms with Crippen molar-refractivity contribution in [2.75, 3.05) is 18.8 Å². The lowest BCUT2D eigenvalue weighted by Gasteiger charge is -2.35. The van der Waals surface area contributed by atoms with Gasteiger partial charge in [-0.15, -0.1) is 0 Å². The minimum absolute atomic E-state index is 0.200. The Morgan fingerprint density at radius 3 is 2.71 bits per heavy atom. The van der Waals surface area contributed by atoms with Crippen molar-refractivity contribution in [2.24, 2.45) is 0 Å². The average Bonchev–Trinajstić information content (AvgIpc) is 2.27. The number of anilines is 1. The summed E-state index contributed by atoms with van der Waals surface area (Å²) in [6, 6.07) is 5.10. The summed E-state index contributed by atoms with van der Waals surface area (Å²) in [5.74, 6) is -0.315. The van der Waals surface area contributed by atoms with Gasteiger partial charge in [-0.3, -0.25) is 4.90 Å². The molecule has 0 aromatic heterocycles. The topological polar surface area (TPSA) is 49.5 Å². The predicted molar refractivity (Wildman–Crippen MR) is 65.9 cm³/mol. The van der Waals surface area contributed by atoms with E-state index in [9.17, 15) is 9.50 Å². The lowest BCUT2D eigenvalue weighted by Crippen LogP contribution is -2.42. The molecule has 0 atom stereocenters. The van der Waals surface area contributed by atoms with Crippen molar-refractivity contribution in [1.82, 2.24) is 4.90 Å². The molecule has 0 saturated carbocycles. The summed E-state index contributed by atoms with van der Waals surface area (Å²) in [5, 5.41) is 9.84. The number of nitrogens with two attached hydrogens (primary N) is 1. The number of hydrogen-bond donors (Lipinski definition) is 2. The van der Waals surface area contributed by atoms with E-state index in [0.29, 0.717) is 12.1 Å². The van der Waals surface area contributed by atoms with Gasteiger partial charge in [-0.25, -0.2) is 4.39 Å². The second-order valence-electron chi connectivity index (χ2n) is 5.09. The number of nitrogens with zero attached hydrogens (tertiary/aromatic N) is 1. The van der Waals surface area contributed by atoms with Crippen molar-refractivity contribution in [3.05, 3.63) is 29.6 Å². The molecule has 0 amide bonds. The van der Waals surface area contributed by atoms with Crippen molar-refractivity contribution < 1.29 is 9.50 Å². The van der Waals surface area contributed by atoms with Crippen molar-refractivity contribution in [1.29, 1.82) is 0 Å². The molecule has 1 aromatic carbocycles. The van der Waals surface area contributed by atoms with Gasteiger partial charge in [0.25, 0.3) is 0 Å². The van der Waals surface area contributed by atoms with Crippen LogP contribution in [0.3, 0.4) is 0 Å². The standard InChI is InChI=1S/C13H19FN2O/c1-13(17)5-7-16(8-6-13)9-10-3-2-4-11(15)12(10)14/h2-4,17H,5-9,15H2,1H3. The Labute approximate surface area is 101 Å². The molecule has 0 radical (unpaired) electrons. The molecule has 1 fully saturated rings. The maximum Gasteiger partial charge on any atom is 0.150 e. The molecular weight excluding hydrogens is 219 g/mol. The zero-order chi connectivity index (χ0) is 12.5.